The van der Waals surface area contributed by atoms with Crippen molar-refractivity contribution in [3.8, 4) is 0 Å². The third-order valence-electron chi connectivity index (χ3n) is 2.23. The van der Waals surface area contributed by atoms with Crippen LogP contribution >= 0.6 is 22.9 Å². The summed E-state index contributed by atoms with van der Waals surface area (Å²) in [6.07, 6.45) is 1.51. The molecule has 2 aromatic heterocycles. The molecule has 0 aromatic carbocycles. The summed E-state index contributed by atoms with van der Waals surface area (Å²) in [6.45, 7) is 2.69. The van der Waals surface area contributed by atoms with Crippen molar-refractivity contribution in [1.82, 2.24) is 10.2 Å². The topological polar surface area (TPSA) is 57.8 Å². The molecule has 2 aromatic rings. The lowest BCUT2D eigenvalue weighted by molar-refractivity contribution is 0.981. The quantitative estimate of drug-likeness (QED) is 0.886. The van der Waals surface area contributed by atoms with E-state index >= 15 is 0 Å². The van der Waals surface area contributed by atoms with Crippen molar-refractivity contribution in [2.45, 2.75) is 13.5 Å². The van der Waals surface area contributed by atoms with Gasteiger partial charge >= 0.3 is 0 Å². The predicted octanol–water partition coefficient (Wildman–Crippen LogP) is 2.41. The molecule has 0 spiro atoms. The second-order valence-corrected chi connectivity index (χ2v) is 4.48. The van der Waals surface area contributed by atoms with Crippen molar-refractivity contribution in [2.24, 2.45) is 0 Å². The molecule has 0 amide bonds. The van der Waals surface area contributed by atoms with E-state index in [1.54, 1.807) is 11.3 Å². The minimum absolute atomic E-state index is 0.142. The zero-order valence-corrected chi connectivity index (χ0v) is 10.2. The number of aryl methyl sites for hydroxylation is 1. The Morgan fingerprint density at radius 1 is 1.56 bits per heavy atom. The van der Waals surface area contributed by atoms with Crippen LogP contribution < -0.4 is 10.9 Å². The molecule has 0 aliphatic rings. The van der Waals surface area contributed by atoms with Crippen LogP contribution in [0.1, 0.15) is 11.1 Å². The van der Waals surface area contributed by atoms with Gasteiger partial charge in [0.05, 0.1) is 11.9 Å². The van der Waals surface area contributed by atoms with Crippen LogP contribution in [-0.2, 0) is 6.54 Å². The highest BCUT2D eigenvalue weighted by Gasteiger charge is 2.05. The molecule has 0 radical (unpaired) electrons. The molecule has 16 heavy (non-hydrogen) atoms. The molecule has 0 atom stereocenters. The fraction of sp³-hybridized carbons (Fsp3) is 0.200. The zero-order chi connectivity index (χ0) is 11.5. The first kappa shape index (κ1) is 11.2. The van der Waals surface area contributed by atoms with Gasteiger partial charge in [0.2, 0.25) is 0 Å². The largest absolute Gasteiger partial charge is 0.378 e. The molecule has 0 bridgehead atoms. The number of aromatic nitrogens is 2. The number of aromatic amines is 1. The molecule has 0 fully saturated rings. The van der Waals surface area contributed by atoms with Gasteiger partial charge < -0.3 is 5.32 Å². The third kappa shape index (κ3) is 2.25. The summed E-state index contributed by atoms with van der Waals surface area (Å²) >= 11 is 7.48. The Kier molecular flexibility index (Phi) is 3.26. The van der Waals surface area contributed by atoms with Gasteiger partial charge in [-0.1, -0.05) is 11.6 Å². The lowest BCUT2D eigenvalue weighted by atomic mass is 10.2. The number of hydrogen-bond acceptors (Lipinski definition) is 4. The Hall–Kier alpha value is -1.33. The van der Waals surface area contributed by atoms with Crippen molar-refractivity contribution >= 4 is 28.6 Å². The predicted molar refractivity (Wildman–Crippen MR) is 66.3 cm³/mol. The molecule has 0 saturated carbocycles. The van der Waals surface area contributed by atoms with E-state index in [0.29, 0.717) is 12.2 Å². The standard InChI is InChI=1S/C10H10ClN3OS/c1-6-4-16-5-7(6)2-12-8-3-13-14-10(15)9(8)11/h3-5H,2H2,1H3,(H2,12,14,15). The highest BCUT2D eigenvalue weighted by atomic mass is 35.5. The fourth-order valence-corrected chi connectivity index (χ4v) is 2.28. The minimum Gasteiger partial charge on any atom is -0.378 e. The van der Waals surface area contributed by atoms with E-state index in [2.05, 4.69) is 26.3 Å². The number of halogens is 1. The van der Waals surface area contributed by atoms with Crippen molar-refractivity contribution in [2.75, 3.05) is 5.32 Å². The van der Waals surface area contributed by atoms with Crippen LogP contribution in [0.25, 0.3) is 0 Å². The summed E-state index contributed by atoms with van der Waals surface area (Å²) in [4.78, 5) is 11.2. The summed E-state index contributed by atoms with van der Waals surface area (Å²) in [5.41, 5.74) is 2.59. The van der Waals surface area contributed by atoms with Gasteiger partial charge in [-0.3, -0.25) is 4.79 Å². The van der Waals surface area contributed by atoms with Gasteiger partial charge in [0.1, 0.15) is 5.02 Å². The number of hydrogen-bond donors (Lipinski definition) is 2. The van der Waals surface area contributed by atoms with Gasteiger partial charge in [-0.25, -0.2) is 5.10 Å². The number of nitrogens with zero attached hydrogens (tertiary/aromatic N) is 1. The van der Waals surface area contributed by atoms with Gasteiger partial charge in [-0.15, -0.1) is 0 Å². The van der Waals surface area contributed by atoms with Gasteiger partial charge in [-0.05, 0) is 28.8 Å². The molecule has 0 saturated heterocycles. The average molecular weight is 256 g/mol. The minimum atomic E-state index is -0.381. The first-order valence-corrected chi connectivity index (χ1v) is 5.99. The van der Waals surface area contributed by atoms with E-state index in [0.717, 1.165) is 0 Å². The van der Waals surface area contributed by atoms with E-state index in [9.17, 15) is 4.79 Å². The summed E-state index contributed by atoms with van der Waals surface area (Å²) in [7, 11) is 0. The summed E-state index contributed by atoms with van der Waals surface area (Å²) in [6, 6.07) is 0. The van der Waals surface area contributed by atoms with Crippen molar-refractivity contribution in [3.63, 3.8) is 0 Å². The number of anilines is 1. The summed E-state index contributed by atoms with van der Waals surface area (Å²) < 4.78 is 0. The average Bonchev–Trinajstić information content (AvgIpc) is 2.67. The Morgan fingerprint density at radius 3 is 3.06 bits per heavy atom. The monoisotopic (exact) mass is 255 g/mol. The van der Waals surface area contributed by atoms with E-state index in [1.165, 1.54) is 17.3 Å². The number of nitrogens with one attached hydrogen (secondary N) is 2. The van der Waals surface area contributed by atoms with Crippen LogP contribution in [0.3, 0.4) is 0 Å². The Balaban J connectivity index is 2.14. The third-order valence-corrected chi connectivity index (χ3v) is 3.51. The Bertz CT molecular complexity index is 549. The summed E-state index contributed by atoms with van der Waals surface area (Å²) in [5, 5.41) is 13.3. The first-order valence-electron chi connectivity index (χ1n) is 4.67. The second kappa shape index (κ2) is 4.67. The maximum absolute atomic E-state index is 11.2. The van der Waals surface area contributed by atoms with Crippen molar-refractivity contribution in [1.29, 1.82) is 0 Å². The van der Waals surface area contributed by atoms with Crippen LogP contribution in [0.2, 0.25) is 5.02 Å². The maximum Gasteiger partial charge on any atom is 0.285 e. The Morgan fingerprint density at radius 2 is 2.38 bits per heavy atom. The number of thiophene rings is 1. The number of rotatable bonds is 3. The van der Waals surface area contributed by atoms with Crippen molar-refractivity contribution < 1.29 is 0 Å². The zero-order valence-electron chi connectivity index (χ0n) is 8.58. The maximum atomic E-state index is 11.2. The molecule has 0 aliphatic heterocycles. The highest BCUT2D eigenvalue weighted by molar-refractivity contribution is 7.08. The lowest BCUT2D eigenvalue weighted by Crippen LogP contribution is -2.11. The fourth-order valence-electron chi connectivity index (χ4n) is 1.27. The van der Waals surface area contributed by atoms with Crippen molar-refractivity contribution in [3.05, 3.63) is 43.5 Å². The van der Waals surface area contributed by atoms with Crippen LogP contribution in [0.4, 0.5) is 5.69 Å². The molecule has 4 nitrogen and oxygen atoms in total. The SMILES string of the molecule is Cc1cscc1CNc1cn[nH]c(=O)c1Cl. The van der Waals surface area contributed by atoms with E-state index in [-0.39, 0.29) is 10.6 Å². The molecular weight excluding hydrogens is 246 g/mol. The van der Waals surface area contributed by atoms with E-state index < -0.39 is 0 Å². The Labute approximate surface area is 101 Å². The van der Waals surface area contributed by atoms with E-state index in [1.807, 2.05) is 6.92 Å². The molecule has 2 heterocycles. The van der Waals surface area contributed by atoms with Crippen LogP contribution in [0.15, 0.2) is 21.8 Å². The molecule has 84 valence electrons. The summed E-state index contributed by atoms with van der Waals surface area (Å²) in [5.74, 6) is 0. The second-order valence-electron chi connectivity index (χ2n) is 3.36. The van der Waals surface area contributed by atoms with Crippen LogP contribution in [0.5, 0.6) is 0 Å². The van der Waals surface area contributed by atoms with Gasteiger partial charge in [0.25, 0.3) is 5.56 Å². The molecule has 2 N–H and O–H groups in total. The van der Waals surface area contributed by atoms with Crippen LogP contribution in [-0.4, -0.2) is 10.2 Å². The highest BCUT2D eigenvalue weighted by Crippen LogP contribution is 2.18. The molecule has 6 heteroatoms. The number of H-pyrrole nitrogens is 1. The lowest BCUT2D eigenvalue weighted by Gasteiger charge is -2.06. The normalized spacial score (nSPS) is 10.4. The van der Waals surface area contributed by atoms with Gasteiger partial charge in [0.15, 0.2) is 0 Å². The van der Waals surface area contributed by atoms with Crippen LogP contribution in [0, 0.1) is 6.92 Å². The van der Waals surface area contributed by atoms with Gasteiger partial charge in [0, 0.05) is 6.54 Å². The molecule has 0 aliphatic carbocycles. The van der Waals surface area contributed by atoms with E-state index in [4.69, 9.17) is 11.6 Å². The molecule has 2 rings (SSSR count). The van der Waals surface area contributed by atoms with Gasteiger partial charge in [-0.2, -0.15) is 16.4 Å². The molecular formula is C10H10ClN3OS. The first-order chi connectivity index (χ1) is 7.68. The smallest absolute Gasteiger partial charge is 0.285 e. The molecule has 0 unspecified atom stereocenters.